The summed E-state index contributed by atoms with van der Waals surface area (Å²) in [4.78, 5) is 8.89. The molecule has 0 fully saturated rings. The van der Waals surface area contributed by atoms with Crippen molar-refractivity contribution in [3.8, 4) is 5.88 Å². The Labute approximate surface area is 126 Å². The number of ether oxygens (including phenoxy) is 1. The predicted molar refractivity (Wildman–Crippen MR) is 85.7 cm³/mol. The Morgan fingerprint density at radius 1 is 1.14 bits per heavy atom. The third-order valence-electron chi connectivity index (χ3n) is 3.20. The lowest BCUT2D eigenvalue weighted by Gasteiger charge is -2.18. The number of hydrogen-bond acceptors (Lipinski definition) is 4. The number of aromatic nitrogens is 2. The SMILES string of the molecule is CCCOc1cc(C)nc(NC(CC)c2ccccc2)n1. The minimum atomic E-state index is 0.201. The summed E-state index contributed by atoms with van der Waals surface area (Å²) in [5.41, 5.74) is 2.14. The summed E-state index contributed by atoms with van der Waals surface area (Å²) in [5.74, 6) is 1.26. The summed E-state index contributed by atoms with van der Waals surface area (Å²) in [5, 5.41) is 3.40. The Balaban J connectivity index is 2.15. The van der Waals surface area contributed by atoms with E-state index in [9.17, 15) is 0 Å². The van der Waals surface area contributed by atoms with Gasteiger partial charge in [0.1, 0.15) is 0 Å². The summed E-state index contributed by atoms with van der Waals surface area (Å²) in [6.07, 6.45) is 1.93. The van der Waals surface area contributed by atoms with Crippen LogP contribution < -0.4 is 10.1 Å². The highest BCUT2D eigenvalue weighted by Crippen LogP contribution is 2.22. The molecule has 2 aromatic rings. The summed E-state index contributed by atoms with van der Waals surface area (Å²) in [6, 6.07) is 12.4. The summed E-state index contributed by atoms with van der Waals surface area (Å²) in [6.45, 7) is 6.85. The van der Waals surface area contributed by atoms with Crippen molar-refractivity contribution < 1.29 is 4.74 Å². The molecule has 2 rings (SSSR count). The molecule has 4 nitrogen and oxygen atoms in total. The first-order valence-corrected chi connectivity index (χ1v) is 7.53. The molecule has 0 aliphatic rings. The predicted octanol–water partition coefficient (Wildman–Crippen LogP) is 4.14. The highest BCUT2D eigenvalue weighted by molar-refractivity contribution is 5.35. The fourth-order valence-corrected chi connectivity index (χ4v) is 2.15. The van der Waals surface area contributed by atoms with E-state index in [0.29, 0.717) is 18.4 Å². The van der Waals surface area contributed by atoms with Crippen LogP contribution in [0.3, 0.4) is 0 Å². The van der Waals surface area contributed by atoms with Gasteiger partial charge in [-0.1, -0.05) is 44.2 Å². The van der Waals surface area contributed by atoms with Gasteiger partial charge >= 0.3 is 0 Å². The van der Waals surface area contributed by atoms with Crippen molar-refractivity contribution in [2.24, 2.45) is 0 Å². The van der Waals surface area contributed by atoms with E-state index in [1.165, 1.54) is 5.56 Å². The molecule has 1 atom stereocenters. The highest BCUT2D eigenvalue weighted by Gasteiger charge is 2.11. The zero-order chi connectivity index (χ0) is 15.1. The smallest absolute Gasteiger partial charge is 0.226 e. The van der Waals surface area contributed by atoms with Gasteiger partial charge in [-0.05, 0) is 25.3 Å². The molecule has 4 heteroatoms. The fourth-order valence-electron chi connectivity index (χ4n) is 2.15. The Hall–Kier alpha value is -2.10. The molecule has 0 aliphatic carbocycles. The van der Waals surface area contributed by atoms with Gasteiger partial charge < -0.3 is 10.1 Å². The van der Waals surface area contributed by atoms with Crippen LogP contribution in [0.4, 0.5) is 5.95 Å². The second-order valence-corrected chi connectivity index (χ2v) is 5.04. The van der Waals surface area contributed by atoms with Crippen LogP contribution in [-0.2, 0) is 0 Å². The second kappa shape index (κ2) is 7.62. The molecule has 1 heterocycles. The third kappa shape index (κ3) is 4.45. The van der Waals surface area contributed by atoms with Crippen molar-refractivity contribution >= 4 is 5.95 Å². The molecule has 21 heavy (non-hydrogen) atoms. The van der Waals surface area contributed by atoms with Crippen LogP contribution in [0.1, 0.15) is 44.0 Å². The molecule has 1 N–H and O–H groups in total. The average Bonchev–Trinajstić information content (AvgIpc) is 2.51. The van der Waals surface area contributed by atoms with E-state index < -0.39 is 0 Å². The maximum atomic E-state index is 5.61. The molecule has 1 unspecified atom stereocenters. The zero-order valence-electron chi connectivity index (χ0n) is 13.0. The number of nitrogens with zero attached hydrogens (tertiary/aromatic N) is 2. The lowest BCUT2D eigenvalue weighted by atomic mass is 10.1. The van der Waals surface area contributed by atoms with E-state index >= 15 is 0 Å². The molecule has 0 aliphatic heterocycles. The van der Waals surface area contributed by atoms with Gasteiger partial charge in [0, 0.05) is 11.8 Å². The first-order chi connectivity index (χ1) is 10.2. The van der Waals surface area contributed by atoms with Crippen molar-refractivity contribution in [1.29, 1.82) is 0 Å². The Kier molecular flexibility index (Phi) is 5.55. The first-order valence-electron chi connectivity index (χ1n) is 7.53. The summed E-state index contributed by atoms with van der Waals surface area (Å²) < 4.78 is 5.61. The standard InChI is InChI=1S/C17H23N3O/c1-4-11-21-16-12-13(3)18-17(20-16)19-15(5-2)14-9-7-6-8-10-14/h6-10,12,15H,4-5,11H2,1-3H3,(H,18,19,20). The molecule has 0 saturated carbocycles. The minimum Gasteiger partial charge on any atom is -0.478 e. The van der Waals surface area contributed by atoms with E-state index in [4.69, 9.17) is 4.74 Å². The van der Waals surface area contributed by atoms with E-state index in [1.807, 2.05) is 31.2 Å². The molecule has 0 bridgehead atoms. The van der Waals surface area contributed by atoms with Crippen LogP contribution in [-0.4, -0.2) is 16.6 Å². The number of benzene rings is 1. The fraction of sp³-hybridized carbons (Fsp3) is 0.412. The van der Waals surface area contributed by atoms with E-state index in [0.717, 1.165) is 18.5 Å². The second-order valence-electron chi connectivity index (χ2n) is 5.04. The van der Waals surface area contributed by atoms with Gasteiger partial charge in [0.15, 0.2) is 0 Å². The maximum absolute atomic E-state index is 5.61. The normalized spacial score (nSPS) is 12.0. The lowest BCUT2D eigenvalue weighted by Crippen LogP contribution is -2.13. The topological polar surface area (TPSA) is 47.0 Å². The Bertz CT molecular complexity index is 557. The number of aryl methyl sites for hydroxylation is 1. The molecule has 0 saturated heterocycles. The van der Waals surface area contributed by atoms with Crippen molar-refractivity contribution in [3.05, 3.63) is 47.7 Å². The maximum Gasteiger partial charge on any atom is 0.226 e. The van der Waals surface area contributed by atoms with Crippen molar-refractivity contribution in [2.45, 2.75) is 39.7 Å². The molecular formula is C17H23N3O. The molecule has 1 aromatic carbocycles. The molecule has 1 aromatic heterocycles. The first kappa shape index (κ1) is 15.3. The average molecular weight is 285 g/mol. The monoisotopic (exact) mass is 285 g/mol. The number of hydrogen-bond donors (Lipinski definition) is 1. The van der Waals surface area contributed by atoms with Gasteiger partial charge in [-0.15, -0.1) is 0 Å². The van der Waals surface area contributed by atoms with Crippen LogP contribution in [0.2, 0.25) is 0 Å². The van der Waals surface area contributed by atoms with Gasteiger partial charge in [0.2, 0.25) is 11.8 Å². The van der Waals surface area contributed by atoms with Crippen LogP contribution in [0.15, 0.2) is 36.4 Å². The highest BCUT2D eigenvalue weighted by atomic mass is 16.5. The van der Waals surface area contributed by atoms with Crippen molar-refractivity contribution in [3.63, 3.8) is 0 Å². The number of nitrogens with one attached hydrogen (secondary N) is 1. The summed E-state index contributed by atoms with van der Waals surface area (Å²) in [7, 11) is 0. The van der Waals surface area contributed by atoms with Crippen LogP contribution in [0.5, 0.6) is 5.88 Å². The van der Waals surface area contributed by atoms with Gasteiger partial charge in [0.25, 0.3) is 0 Å². The number of anilines is 1. The van der Waals surface area contributed by atoms with Crippen LogP contribution in [0.25, 0.3) is 0 Å². The van der Waals surface area contributed by atoms with Crippen LogP contribution >= 0.6 is 0 Å². The number of rotatable bonds is 7. The molecule has 0 spiro atoms. The Morgan fingerprint density at radius 2 is 1.90 bits per heavy atom. The molecule has 0 radical (unpaired) electrons. The van der Waals surface area contributed by atoms with Gasteiger partial charge in [-0.3, -0.25) is 0 Å². The minimum absolute atomic E-state index is 0.201. The van der Waals surface area contributed by atoms with Crippen molar-refractivity contribution in [2.75, 3.05) is 11.9 Å². The quantitative estimate of drug-likeness (QED) is 0.830. The van der Waals surface area contributed by atoms with E-state index in [-0.39, 0.29) is 6.04 Å². The largest absolute Gasteiger partial charge is 0.478 e. The van der Waals surface area contributed by atoms with Crippen molar-refractivity contribution in [1.82, 2.24) is 9.97 Å². The van der Waals surface area contributed by atoms with Crippen LogP contribution in [0, 0.1) is 6.92 Å². The zero-order valence-corrected chi connectivity index (χ0v) is 13.0. The molecule has 0 amide bonds. The van der Waals surface area contributed by atoms with E-state index in [1.54, 1.807) is 0 Å². The lowest BCUT2D eigenvalue weighted by molar-refractivity contribution is 0.305. The Morgan fingerprint density at radius 3 is 2.57 bits per heavy atom. The van der Waals surface area contributed by atoms with Gasteiger partial charge in [-0.2, -0.15) is 4.98 Å². The van der Waals surface area contributed by atoms with Gasteiger partial charge in [0.05, 0.1) is 12.6 Å². The molecular weight excluding hydrogens is 262 g/mol. The van der Waals surface area contributed by atoms with Gasteiger partial charge in [-0.25, -0.2) is 4.98 Å². The van der Waals surface area contributed by atoms with E-state index in [2.05, 4.69) is 41.3 Å². The molecule has 112 valence electrons. The summed E-state index contributed by atoms with van der Waals surface area (Å²) >= 11 is 0. The third-order valence-corrected chi connectivity index (χ3v) is 3.20.